The van der Waals surface area contributed by atoms with Crippen molar-refractivity contribution < 1.29 is 5.11 Å². The quantitative estimate of drug-likeness (QED) is 0.738. The summed E-state index contributed by atoms with van der Waals surface area (Å²) in [4.78, 5) is 11.1. The molecule has 2 N–H and O–H groups in total. The van der Waals surface area contributed by atoms with Crippen LogP contribution in [0.2, 0.25) is 0 Å². The number of H-pyrrole nitrogens is 1. The highest BCUT2D eigenvalue weighted by Crippen LogP contribution is 2.20. The van der Waals surface area contributed by atoms with Crippen molar-refractivity contribution in [1.29, 1.82) is 0 Å². The van der Waals surface area contributed by atoms with E-state index in [2.05, 4.69) is 10.2 Å². The van der Waals surface area contributed by atoms with Crippen molar-refractivity contribution in [1.82, 2.24) is 14.8 Å². The predicted octanol–water partition coefficient (Wildman–Crippen LogP) is 0.368. The number of aromatic nitrogens is 3. The van der Waals surface area contributed by atoms with Gasteiger partial charge in [0.05, 0.1) is 12.6 Å². The number of nitrogens with one attached hydrogen (secondary N) is 1. The third-order valence-electron chi connectivity index (χ3n) is 1.87. The van der Waals surface area contributed by atoms with Crippen molar-refractivity contribution in [3.05, 3.63) is 16.8 Å². The Morgan fingerprint density at radius 3 is 2.71 bits per heavy atom. The van der Waals surface area contributed by atoms with E-state index in [-0.39, 0.29) is 11.1 Å². The van der Waals surface area contributed by atoms with Gasteiger partial charge in [-0.1, -0.05) is 20.8 Å². The predicted molar refractivity (Wildman–Crippen MR) is 52.9 cm³/mol. The first-order chi connectivity index (χ1) is 6.38. The molecule has 1 aromatic heterocycles. The molecular weight excluding hydrogens is 182 g/mol. The topological polar surface area (TPSA) is 70.9 Å². The van der Waals surface area contributed by atoms with E-state index in [0.29, 0.717) is 13.0 Å². The van der Waals surface area contributed by atoms with Crippen molar-refractivity contribution in [3.63, 3.8) is 0 Å². The Labute approximate surface area is 82.8 Å². The molecule has 0 aromatic carbocycles. The monoisotopic (exact) mass is 199 g/mol. The second-order valence-corrected chi connectivity index (χ2v) is 4.73. The lowest BCUT2D eigenvalue weighted by atomic mass is 9.89. The minimum atomic E-state index is -0.509. The smallest absolute Gasteiger partial charge is 0.343 e. The number of aliphatic hydroxyl groups excluding tert-OH is 1. The summed E-state index contributed by atoms with van der Waals surface area (Å²) in [6.07, 6.45) is 1.55. The van der Waals surface area contributed by atoms with Gasteiger partial charge in [-0.05, 0) is 11.8 Å². The van der Waals surface area contributed by atoms with Gasteiger partial charge < -0.3 is 5.11 Å². The minimum Gasteiger partial charge on any atom is -0.391 e. The van der Waals surface area contributed by atoms with Gasteiger partial charge in [0.2, 0.25) is 0 Å². The van der Waals surface area contributed by atoms with Gasteiger partial charge in [-0.25, -0.2) is 9.89 Å². The first kappa shape index (κ1) is 11.0. The summed E-state index contributed by atoms with van der Waals surface area (Å²) in [6, 6.07) is 0. The van der Waals surface area contributed by atoms with E-state index in [1.165, 1.54) is 10.9 Å². The highest BCUT2D eigenvalue weighted by atomic mass is 16.3. The number of nitrogens with zero attached hydrogens (tertiary/aromatic N) is 2. The molecule has 5 nitrogen and oxygen atoms in total. The van der Waals surface area contributed by atoms with Crippen LogP contribution >= 0.6 is 0 Å². The molecule has 0 aliphatic heterocycles. The lowest BCUT2D eigenvalue weighted by Gasteiger charge is -2.22. The summed E-state index contributed by atoms with van der Waals surface area (Å²) >= 11 is 0. The minimum absolute atomic E-state index is 0.0623. The van der Waals surface area contributed by atoms with Crippen LogP contribution in [0.4, 0.5) is 0 Å². The van der Waals surface area contributed by atoms with Crippen LogP contribution in [0.15, 0.2) is 11.1 Å². The van der Waals surface area contributed by atoms with Crippen molar-refractivity contribution in [2.75, 3.05) is 0 Å². The zero-order valence-corrected chi connectivity index (χ0v) is 8.82. The fourth-order valence-electron chi connectivity index (χ4n) is 1.40. The summed E-state index contributed by atoms with van der Waals surface area (Å²) in [5.41, 5.74) is -0.217. The summed E-state index contributed by atoms with van der Waals surface area (Å²) in [7, 11) is 0. The molecule has 0 bridgehead atoms. The zero-order valence-electron chi connectivity index (χ0n) is 8.82. The van der Waals surface area contributed by atoms with Crippen LogP contribution in [0, 0.1) is 5.41 Å². The van der Waals surface area contributed by atoms with Crippen molar-refractivity contribution in [2.24, 2.45) is 5.41 Å². The average molecular weight is 199 g/mol. The molecular formula is C9H17N3O2. The van der Waals surface area contributed by atoms with Gasteiger partial charge >= 0.3 is 5.69 Å². The van der Waals surface area contributed by atoms with Crippen LogP contribution < -0.4 is 5.69 Å². The molecule has 1 atom stereocenters. The summed E-state index contributed by atoms with van der Waals surface area (Å²) in [5.74, 6) is 0. The molecule has 0 saturated heterocycles. The number of hydrogen-bond donors (Lipinski definition) is 2. The van der Waals surface area contributed by atoms with E-state index in [4.69, 9.17) is 0 Å². The van der Waals surface area contributed by atoms with Crippen molar-refractivity contribution in [2.45, 2.75) is 39.8 Å². The van der Waals surface area contributed by atoms with E-state index in [1.807, 2.05) is 20.8 Å². The van der Waals surface area contributed by atoms with E-state index in [0.717, 1.165) is 0 Å². The second kappa shape index (κ2) is 3.96. The highest BCUT2D eigenvalue weighted by molar-refractivity contribution is 4.71. The molecule has 0 radical (unpaired) electrons. The third kappa shape index (κ3) is 3.33. The Hall–Kier alpha value is -1.10. The molecule has 0 aliphatic carbocycles. The fourth-order valence-corrected chi connectivity index (χ4v) is 1.40. The largest absolute Gasteiger partial charge is 0.391 e. The van der Waals surface area contributed by atoms with E-state index in [9.17, 15) is 9.90 Å². The Morgan fingerprint density at radius 1 is 1.64 bits per heavy atom. The summed E-state index contributed by atoms with van der Waals surface area (Å²) < 4.78 is 1.37. The van der Waals surface area contributed by atoms with Crippen LogP contribution in [0.25, 0.3) is 0 Å². The van der Waals surface area contributed by atoms with E-state index >= 15 is 0 Å². The molecule has 1 heterocycles. The summed E-state index contributed by atoms with van der Waals surface area (Å²) in [5, 5.41) is 15.5. The molecule has 1 aromatic rings. The first-order valence-corrected chi connectivity index (χ1v) is 4.66. The highest BCUT2D eigenvalue weighted by Gasteiger charge is 2.17. The van der Waals surface area contributed by atoms with Crippen LogP contribution in [0.3, 0.4) is 0 Å². The molecule has 5 heteroatoms. The molecule has 0 fully saturated rings. The molecule has 1 rings (SSSR count). The lowest BCUT2D eigenvalue weighted by molar-refractivity contribution is 0.104. The Morgan fingerprint density at radius 2 is 2.29 bits per heavy atom. The van der Waals surface area contributed by atoms with Crippen molar-refractivity contribution >= 4 is 0 Å². The van der Waals surface area contributed by atoms with Crippen LogP contribution in [0.5, 0.6) is 0 Å². The fraction of sp³-hybridized carbons (Fsp3) is 0.778. The average Bonchev–Trinajstić information content (AvgIpc) is 2.32. The molecule has 80 valence electrons. The second-order valence-electron chi connectivity index (χ2n) is 4.73. The molecule has 14 heavy (non-hydrogen) atoms. The molecule has 0 spiro atoms. The van der Waals surface area contributed by atoms with Crippen LogP contribution in [0.1, 0.15) is 27.2 Å². The third-order valence-corrected chi connectivity index (χ3v) is 1.87. The molecule has 0 aliphatic rings. The van der Waals surface area contributed by atoms with Gasteiger partial charge in [-0.2, -0.15) is 5.10 Å². The van der Waals surface area contributed by atoms with E-state index in [1.54, 1.807) is 0 Å². The number of aliphatic hydroxyl groups is 1. The van der Waals surface area contributed by atoms with Gasteiger partial charge in [0.15, 0.2) is 0 Å². The lowest BCUT2D eigenvalue weighted by Crippen LogP contribution is -2.27. The maximum Gasteiger partial charge on any atom is 0.343 e. The molecule has 1 unspecified atom stereocenters. The first-order valence-electron chi connectivity index (χ1n) is 4.66. The SMILES string of the molecule is CC(C)(C)CC(O)Cn1cn[nH]c1=O. The van der Waals surface area contributed by atoms with Gasteiger partial charge in [0, 0.05) is 0 Å². The maximum atomic E-state index is 11.1. The Bertz CT molecular complexity index is 334. The maximum absolute atomic E-state index is 11.1. The normalized spacial score (nSPS) is 14.3. The van der Waals surface area contributed by atoms with Gasteiger partial charge in [0.1, 0.15) is 6.33 Å². The van der Waals surface area contributed by atoms with Gasteiger partial charge in [-0.15, -0.1) is 0 Å². The number of rotatable bonds is 3. The number of hydrogen-bond acceptors (Lipinski definition) is 3. The van der Waals surface area contributed by atoms with Gasteiger partial charge in [-0.3, -0.25) is 4.57 Å². The number of aromatic amines is 1. The van der Waals surface area contributed by atoms with E-state index < -0.39 is 6.10 Å². The Kier molecular flexibility index (Phi) is 3.10. The summed E-state index contributed by atoms with van der Waals surface area (Å²) in [6.45, 7) is 6.45. The molecule has 0 saturated carbocycles. The zero-order chi connectivity index (χ0) is 10.8. The molecule has 0 amide bonds. The standard InChI is InChI=1S/C9H17N3O2/c1-9(2,3)4-7(13)5-12-6-10-11-8(12)14/h6-7,13H,4-5H2,1-3H3,(H,11,14). The Balaban J connectivity index is 2.54. The van der Waals surface area contributed by atoms with Crippen molar-refractivity contribution in [3.8, 4) is 0 Å². The van der Waals surface area contributed by atoms with Gasteiger partial charge in [0.25, 0.3) is 0 Å². The van der Waals surface area contributed by atoms with Crippen LogP contribution in [-0.2, 0) is 6.54 Å². The van der Waals surface area contributed by atoms with Crippen LogP contribution in [-0.4, -0.2) is 26.0 Å².